The summed E-state index contributed by atoms with van der Waals surface area (Å²) >= 11 is 0. The van der Waals surface area contributed by atoms with Gasteiger partial charge in [-0.05, 0) is 12.5 Å². The molecule has 0 spiro atoms. The van der Waals surface area contributed by atoms with Gasteiger partial charge in [0.25, 0.3) is 0 Å². The van der Waals surface area contributed by atoms with Crippen LogP contribution in [-0.2, 0) is 0 Å². The highest BCUT2D eigenvalue weighted by molar-refractivity contribution is 5.60. The van der Waals surface area contributed by atoms with Crippen molar-refractivity contribution in [3.05, 3.63) is 31.0 Å². The highest BCUT2D eigenvalue weighted by Gasteiger charge is 2.02. The van der Waals surface area contributed by atoms with Crippen LogP contribution in [0.1, 0.15) is 13.3 Å². The summed E-state index contributed by atoms with van der Waals surface area (Å²) in [4.78, 5) is 8.31. The van der Waals surface area contributed by atoms with Crippen LogP contribution in [0.15, 0.2) is 35.4 Å². The Bertz CT molecular complexity index is 412. The molecule has 2 heterocycles. The van der Waals surface area contributed by atoms with E-state index in [0.717, 1.165) is 30.0 Å². The molecular weight excluding hydrogens is 190 g/mol. The number of anilines is 1. The van der Waals surface area contributed by atoms with E-state index in [9.17, 15) is 0 Å². The lowest BCUT2D eigenvalue weighted by molar-refractivity contribution is 0.568. The molecule has 0 aromatic carbocycles. The zero-order valence-electron chi connectivity index (χ0n) is 8.60. The standard InChI is InChI=1S/C11H13N3O/c1-2-4-12-11-6-10(13-8-14-11)9-3-5-15-7-9/h3,5-8H,2,4H2,1H3,(H,12,13,14). The van der Waals surface area contributed by atoms with Crippen molar-refractivity contribution < 1.29 is 4.42 Å². The molecule has 0 aliphatic rings. The van der Waals surface area contributed by atoms with Crippen LogP contribution in [0.5, 0.6) is 0 Å². The predicted octanol–water partition coefficient (Wildman–Crippen LogP) is 2.56. The summed E-state index contributed by atoms with van der Waals surface area (Å²) in [6, 6.07) is 3.80. The van der Waals surface area contributed by atoms with Crippen molar-refractivity contribution in [1.29, 1.82) is 0 Å². The molecule has 15 heavy (non-hydrogen) atoms. The second-order valence-electron chi connectivity index (χ2n) is 3.23. The molecule has 0 atom stereocenters. The van der Waals surface area contributed by atoms with Gasteiger partial charge in [0.15, 0.2) is 0 Å². The molecule has 0 saturated heterocycles. The van der Waals surface area contributed by atoms with E-state index in [1.54, 1.807) is 18.9 Å². The second kappa shape index (κ2) is 4.59. The Balaban J connectivity index is 2.19. The fraction of sp³-hybridized carbons (Fsp3) is 0.273. The molecule has 1 N–H and O–H groups in total. The Kier molecular flexibility index (Phi) is 2.97. The molecule has 2 rings (SSSR count). The summed E-state index contributed by atoms with van der Waals surface area (Å²) in [7, 11) is 0. The number of rotatable bonds is 4. The quantitative estimate of drug-likeness (QED) is 0.829. The Morgan fingerprint density at radius 3 is 3.07 bits per heavy atom. The number of aromatic nitrogens is 2. The van der Waals surface area contributed by atoms with E-state index in [4.69, 9.17) is 4.42 Å². The van der Waals surface area contributed by atoms with Gasteiger partial charge in [0.2, 0.25) is 0 Å². The molecule has 2 aromatic heterocycles. The van der Waals surface area contributed by atoms with Crippen LogP contribution in [-0.4, -0.2) is 16.5 Å². The molecule has 0 amide bonds. The van der Waals surface area contributed by atoms with E-state index < -0.39 is 0 Å². The first-order valence-corrected chi connectivity index (χ1v) is 4.98. The molecule has 4 nitrogen and oxygen atoms in total. The first-order valence-electron chi connectivity index (χ1n) is 4.98. The first-order chi connectivity index (χ1) is 7.40. The number of hydrogen-bond acceptors (Lipinski definition) is 4. The SMILES string of the molecule is CCCNc1cc(-c2ccoc2)ncn1. The van der Waals surface area contributed by atoms with Crippen molar-refractivity contribution in [3.63, 3.8) is 0 Å². The first kappa shape index (κ1) is 9.71. The lowest BCUT2D eigenvalue weighted by Crippen LogP contribution is -2.02. The van der Waals surface area contributed by atoms with Gasteiger partial charge in [0.05, 0.1) is 18.2 Å². The number of nitrogens with zero attached hydrogens (tertiary/aromatic N) is 2. The third-order valence-electron chi connectivity index (χ3n) is 2.04. The molecule has 0 aliphatic carbocycles. The summed E-state index contributed by atoms with van der Waals surface area (Å²) in [5, 5.41) is 3.21. The highest BCUT2D eigenvalue weighted by Crippen LogP contribution is 2.18. The van der Waals surface area contributed by atoms with E-state index in [2.05, 4.69) is 22.2 Å². The van der Waals surface area contributed by atoms with Crippen LogP contribution in [0.3, 0.4) is 0 Å². The average Bonchev–Trinajstić information content (AvgIpc) is 2.80. The van der Waals surface area contributed by atoms with Crippen molar-refractivity contribution in [2.75, 3.05) is 11.9 Å². The number of nitrogens with one attached hydrogen (secondary N) is 1. The summed E-state index contributed by atoms with van der Waals surface area (Å²) in [6.45, 7) is 3.03. The van der Waals surface area contributed by atoms with Crippen molar-refractivity contribution in [2.24, 2.45) is 0 Å². The van der Waals surface area contributed by atoms with E-state index in [-0.39, 0.29) is 0 Å². The lowest BCUT2D eigenvalue weighted by atomic mass is 10.2. The molecule has 78 valence electrons. The molecule has 0 bridgehead atoms. The van der Waals surface area contributed by atoms with Crippen LogP contribution in [0.2, 0.25) is 0 Å². The number of furan rings is 1. The van der Waals surface area contributed by atoms with Gasteiger partial charge >= 0.3 is 0 Å². The minimum Gasteiger partial charge on any atom is -0.472 e. The van der Waals surface area contributed by atoms with Crippen LogP contribution in [0.4, 0.5) is 5.82 Å². The van der Waals surface area contributed by atoms with E-state index >= 15 is 0 Å². The molecular formula is C11H13N3O. The van der Waals surface area contributed by atoms with Gasteiger partial charge < -0.3 is 9.73 Å². The Morgan fingerprint density at radius 1 is 1.40 bits per heavy atom. The monoisotopic (exact) mass is 203 g/mol. The van der Waals surface area contributed by atoms with Crippen LogP contribution >= 0.6 is 0 Å². The highest BCUT2D eigenvalue weighted by atomic mass is 16.3. The zero-order chi connectivity index (χ0) is 10.5. The van der Waals surface area contributed by atoms with E-state index in [1.807, 2.05) is 12.1 Å². The fourth-order valence-corrected chi connectivity index (χ4v) is 1.28. The van der Waals surface area contributed by atoms with E-state index in [1.165, 1.54) is 0 Å². The average molecular weight is 203 g/mol. The molecule has 0 unspecified atom stereocenters. The third-order valence-corrected chi connectivity index (χ3v) is 2.04. The van der Waals surface area contributed by atoms with Gasteiger partial charge in [0.1, 0.15) is 12.1 Å². The van der Waals surface area contributed by atoms with Gasteiger partial charge in [0, 0.05) is 18.2 Å². The summed E-state index contributed by atoms with van der Waals surface area (Å²) in [5.41, 5.74) is 1.84. The summed E-state index contributed by atoms with van der Waals surface area (Å²) in [6.07, 6.45) is 5.94. The van der Waals surface area contributed by atoms with Crippen molar-refractivity contribution in [2.45, 2.75) is 13.3 Å². The molecule has 0 radical (unpaired) electrons. The largest absolute Gasteiger partial charge is 0.472 e. The van der Waals surface area contributed by atoms with Crippen LogP contribution in [0, 0.1) is 0 Å². The minimum atomic E-state index is 0.850. The topological polar surface area (TPSA) is 51.0 Å². The Labute approximate surface area is 88.4 Å². The second-order valence-corrected chi connectivity index (χ2v) is 3.23. The minimum absolute atomic E-state index is 0.850. The molecule has 0 aliphatic heterocycles. The fourth-order valence-electron chi connectivity index (χ4n) is 1.28. The van der Waals surface area contributed by atoms with E-state index in [0.29, 0.717) is 0 Å². The molecule has 0 fully saturated rings. The van der Waals surface area contributed by atoms with Crippen molar-refractivity contribution in [1.82, 2.24) is 9.97 Å². The van der Waals surface area contributed by atoms with Gasteiger partial charge in [-0.25, -0.2) is 9.97 Å². The maximum atomic E-state index is 5.01. The maximum Gasteiger partial charge on any atom is 0.129 e. The lowest BCUT2D eigenvalue weighted by Gasteiger charge is -2.03. The molecule has 4 heteroatoms. The number of hydrogen-bond donors (Lipinski definition) is 1. The molecule has 2 aromatic rings. The Morgan fingerprint density at radius 2 is 2.33 bits per heavy atom. The Hall–Kier alpha value is -1.84. The molecule has 0 saturated carbocycles. The van der Waals surface area contributed by atoms with Gasteiger partial charge in [-0.2, -0.15) is 0 Å². The van der Waals surface area contributed by atoms with Crippen LogP contribution in [0.25, 0.3) is 11.3 Å². The van der Waals surface area contributed by atoms with Gasteiger partial charge in [-0.15, -0.1) is 0 Å². The predicted molar refractivity (Wildman–Crippen MR) is 58.5 cm³/mol. The van der Waals surface area contributed by atoms with Crippen LogP contribution < -0.4 is 5.32 Å². The zero-order valence-corrected chi connectivity index (χ0v) is 8.60. The normalized spacial score (nSPS) is 10.2. The summed E-state index contributed by atoms with van der Waals surface area (Å²) < 4.78 is 5.01. The third kappa shape index (κ3) is 2.34. The summed E-state index contributed by atoms with van der Waals surface area (Å²) in [5.74, 6) is 0.850. The van der Waals surface area contributed by atoms with Gasteiger partial charge in [-0.1, -0.05) is 6.92 Å². The smallest absolute Gasteiger partial charge is 0.129 e. The van der Waals surface area contributed by atoms with Gasteiger partial charge in [-0.3, -0.25) is 0 Å². The van der Waals surface area contributed by atoms with Crippen molar-refractivity contribution in [3.8, 4) is 11.3 Å². The maximum absolute atomic E-state index is 5.01. The van der Waals surface area contributed by atoms with Crippen molar-refractivity contribution >= 4 is 5.82 Å².